The van der Waals surface area contributed by atoms with Crippen molar-refractivity contribution in [2.75, 3.05) is 0 Å². The molecule has 18 heavy (non-hydrogen) atoms. The van der Waals surface area contributed by atoms with Gasteiger partial charge in [-0.15, -0.1) is 0 Å². The molecule has 0 saturated heterocycles. The molecule has 3 aliphatic rings. The topological polar surface area (TPSA) is 49.5 Å². The molecule has 1 N–H and O–H groups in total. The number of rotatable bonds is 2. The van der Waals surface area contributed by atoms with Gasteiger partial charge in [0.05, 0.1) is 0 Å². The van der Waals surface area contributed by atoms with Crippen LogP contribution in [-0.4, -0.2) is 27.2 Å². The Morgan fingerprint density at radius 3 is 2.50 bits per heavy atom. The smallest absolute Gasteiger partial charge is 0.460 e. The standard InChI is InChI=1S/C10H8F3NO3S/c11-10(12,13)18-17-14-8(15)6-4-1-2-5(3-4)7(6)9(14)16/h1-2,4-7H,3H2/p+1. The third-order valence-corrected chi connectivity index (χ3v) is 4.07. The van der Waals surface area contributed by atoms with E-state index in [1.54, 1.807) is 0 Å². The number of fused-ring (bicyclic) bond motifs is 5. The first-order chi connectivity index (χ1) is 8.38. The lowest BCUT2D eigenvalue weighted by molar-refractivity contribution is -0.673. The predicted octanol–water partition coefficient (Wildman–Crippen LogP) is 2.03. The van der Waals surface area contributed by atoms with E-state index in [1.807, 2.05) is 12.2 Å². The highest BCUT2D eigenvalue weighted by Crippen LogP contribution is 2.51. The van der Waals surface area contributed by atoms with E-state index in [0.717, 1.165) is 6.42 Å². The summed E-state index contributed by atoms with van der Waals surface area (Å²) in [7, 11) is 0. The maximum Gasteiger partial charge on any atom is 0.486 e. The average Bonchev–Trinajstić information content (AvgIpc) is 2.90. The van der Waals surface area contributed by atoms with E-state index in [1.165, 1.54) is 0 Å². The molecule has 2 bridgehead atoms. The third-order valence-electron chi connectivity index (χ3n) is 3.66. The van der Waals surface area contributed by atoms with E-state index in [9.17, 15) is 23.1 Å². The van der Waals surface area contributed by atoms with Gasteiger partial charge in [0.1, 0.15) is 16.6 Å². The van der Waals surface area contributed by atoms with Crippen LogP contribution in [0.25, 0.3) is 0 Å². The van der Waals surface area contributed by atoms with Crippen molar-refractivity contribution in [3.8, 4) is 0 Å². The van der Waals surface area contributed by atoms with E-state index < -0.39 is 41.2 Å². The number of amides is 1. The normalized spacial score (nSPS) is 37.6. The molecule has 1 heterocycles. The van der Waals surface area contributed by atoms with Crippen LogP contribution in [0.2, 0.25) is 0 Å². The first kappa shape index (κ1) is 11.9. The van der Waals surface area contributed by atoms with E-state index in [2.05, 4.69) is 4.28 Å². The number of halogens is 3. The fraction of sp³-hybridized carbons (Fsp3) is 0.600. The number of carbonyl (C=O) groups is 1. The van der Waals surface area contributed by atoms with Gasteiger partial charge in [0.2, 0.25) is 0 Å². The van der Waals surface area contributed by atoms with Crippen LogP contribution in [-0.2, 0) is 9.08 Å². The van der Waals surface area contributed by atoms with Crippen LogP contribution >= 0.6 is 12.0 Å². The van der Waals surface area contributed by atoms with Crippen molar-refractivity contribution in [1.82, 2.24) is 0 Å². The van der Waals surface area contributed by atoms with Gasteiger partial charge in [-0.2, -0.15) is 17.5 Å². The quantitative estimate of drug-likeness (QED) is 0.478. The lowest BCUT2D eigenvalue weighted by Gasteiger charge is -2.11. The average molecular weight is 280 g/mol. The van der Waals surface area contributed by atoms with Gasteiger partial charge in [-0.25, -0.2) is 4.79 Å². The first-order valence-electron chi connectivity index (χ1n) is 5.39. The molecule has 0 aromatic carbocycles. The van der Waals surface area contributed by atoms with Gasteiger partial charge < -0.3 is 5.11 Å². The highest BCUT2D eigenvalue weighted by Gasteiger charge is 2.64. The molecule has 0 aromatic heterocycles. The minimum atomic E-state index is -4.62. The highest BCUT2D eigenvalue weighted by atomic mass is 32.2. The molecule has 4 atom stereocenters. The number of hydroxylamine groups is 1. The van der Waals surface area contributed by atoms with Crippen molar-refractivity contribution in [2.45, 2.75) is 11.9 Å². The SMILES string of the molecule is O=C1C2C3C=CC(C3)C2C(O)=[N+]1OSC(F)(F)F. The van der Waals surface area contributed by atoms with E-state index in [0.29, 0.717) is 4.74 Å². The van der Waals surface area contributed by atoms with Crippen LogP contribution < -0.4 is 0 Å². The Kier molecular flexibility index (Phi) is 2.42. The summed E-state index contributed by atoms with van der Waals surface area (Å²) >= 11 is -0.796. The van der Waals surface area contributed by atoms with Crippen molar-refractivity contribution in [1.29, 1.82) is 0 Å². The van der Waals surface area contributed by atoms with Gasteiger partial charge in [-0.1, -0.05) is 12.2 Å². The van der Waals surface area contributed by atoms with Crippen molar-refractivity contribution >= 4 is 23.8 Å². The van der Waals surface area contributed by atoms with Gasteiger partial charge in [0.25, 0.3) is 12.0 Å². The number of carbonyl (C=O) groups excluding carboxylic acids is 1. The van der Waals surface area contributed by atoms with E-state index >= 15 is 0 Å². The molecule has 1 amide bonds. The fourth-order valence-electron chi connectivity index (χ4n) is 3.05. The lowest BCUT2D eigenvalue weighted by Crippen LogP contribution is -2.25. The second-order valence-electron chi connectivity index (χ2n) is 4.59. The molecule has 1 aliphatic heterocycles. The van der Waals surface area contributed by atoms with E-state index in [-0.39, 0.29) is 11.8 Å². The number of aliphatic hydroxyl groups is 1. The number of hydrogen-bond acceptors (Lipinski definition) is 3. The minimum Gasteiger partial charge on any atom is -0.460 e. The zero-order valence-corrected chi connectivity index (χ0v) is 9.74. The Balaban J connectivity index is 1.82. The lowest BCUT2D eigenvalue weighted by atomic mass is 9.85. The monoisotopic (exact) mass is 280 g/mol. The molecule has 0 spiro atoms. The largest absolute Gasteiger partial charge is 0.486 e. The number of allylic oxidation sites excluding steroid dienone is 2. The number of hydrogen-bond donors (Lipinski definition) is 1. The Morgan fingerprint density at radius 2 is 1.94 bits per heavy atom. The molecular weight excluding hydrogens is 271 g/mol. The van der Waals surface area contributed by atoms with Gasteiger partial charge in [-0.3, -0.25) is 0 Å². The Hall–Kier alpha value is -1.18. The summed E-state index contributed by atoms with van der Waals surface area (Å²) in [6, 6.07) is 0. The van der Waals surface area contributed by atoms with Gasteiger partial charge in [-0.05, 0) is 18.3 Å². The molecule has 1 saturated carbocycles. The van der Waals surface area contributed by atoms with Crippen LogP contribution in [0, 0.1) is 23.7 Å². The maximum atomic E-state index is 12.0. The summed E-state index contributed by atoms with van der Waals surface area (Å²) in [6.45, 7) is 0. The van der Waals surface area contributed by atoms with Crippen LogP contribution in [0.4, 0.5) is 13.2 Å². The molecule has 2 aliphatic carbocycles. The number of nitrogens with zero attached hydrogens (tertiary/aromatic N) is 1. The van der Waals surface area contributed by atoms with Crippen molar-refractivity contribution < 1.29 is 32.1 Å². The van der Waals surface area contributed by atoms with Gasteiger partial charge in [0, 0.05) is 0 Å². The van der Waals surface area contributed by atoms with E-state index in [4.69, 9.17) is 0 Å². The molecule has 8 heteroatoms. The summed E-state index contributed by atoms with van der Waals surface area (Å²) in [5, 5.41) is 9.83. The predicted molar refractivity (Wildman–Crippen MR) is 55.4 cm³/mol. The Morgan fingerprint density at radius 1 is 1.33 bits per heavy atom. The number of alkyl halides is 3. The van der Waals surface area contributed by atoms with Crippen molar-refractivity contribution in [2.24, 2.45) is 23.7 Å². The van der Waals surface area contributed by atoms with Crippen molar-refractivity contribution in [3.05, 3.63) is 12.2 Å². The molecule has 3 rings (SSSR count). The Bertz CT molecular complexity index is 473. The van der Waals surface area contributed by atoms with Crippen LogP contribution in [0.15, 0.2) is 12.2 Å². The zero-order valence-electron chi connectivity index (χ0n) is 8.92. The second kappa shape index (κ2) is 3.66. The Labute approximate surface area is 104 Å². The third kappa shape index (κ3) is 1.62. The first-order valence-corrected chi connectivity index (χ1v) is 6.13. The maximum absolute atomic E-state index is 12.0. The minimum absolute atomic E-state index is 0.000799. The molecular formula is C10H9F3NO3S+. The van der Waals surface area contributed by atoms with Crippen LogP contribution in [0.3, 0.4) is 0 Å². The molecule has 0 radical (unpaired) electrons. The summed E-state index contributed by atoms with van der Waals surface area (Å²) < 4.78 is 40.7. The van der Waals surface area contributed by atoms with Crippen molar-refractivity contribution in [3.63, 3.8) is 0 Å². The number of aliphatic hydroxyl groups excluding tert-OH is 1. The van der Waals surface area contributed by atoms with Crippen LogP contribution in [0.5, 0.6) is 0 Å². The zero-order chi connectivity index (χ0) is 13.1. The second-order valence-corrected chi connectivity index (χ2v) is 5.37. The molecule has 0 aromatic rings. The summed E-state index contributed by atoms with van der Waals surface area (Å²) in [5.74, 6) is -1.88. The van der Waals surface area contributed by atoms with Crippen LogP contribution in [0.1, 0.15) is 6.42 Å². The highest BCUT2D eigenvalue weighted by molar-refractivity contribution is 7.95. The summed E-state index contributed by atoms with van der Waals surface area (Å²) in [6.07, 6.45) is 4.55. The summed E-state index contributed by atoms with van der Waals surface area (Å²) in [4.78, 5) is 11.9. The molecule has 4 nitrogen and oxygen atoms in total. The van der Waals surface area contributed by atoms with Gasteiger partial charge >= 0.3 is 17.3 Å². The fourth-order valence-corrected chi connectivity index (χ4v) is 3.36. The van der Waals surface area contributed by atoms with Gasteiger partial charge in [0.15, 0.2) is 0 Å². The summed E-state index contributed by atoms with van der Waals surface area (Å²) in [5.41, 5.74) is -4.62. The molecule has 98 valence electrons. The molecule has 1 fully saturated rings. The molecule has 4 unspecified atom stereocenters.